The molecule has 1 aromatic heterocycles. The number of halogens is 4. The fraction of sp³-hybridized carbons (Fsp3) is 0.200. The van der Waals surface area contributed by atoms with Crippen LogP contribution in [0.1, 0.15) is 11.1 Å². The van der Waals surface area contributed by atoms with Gasteiger partial charge < -0.3 is 9.15 Å². The first kappa shape index (κ1) is 14.1. The fourth-order valence-corrected chi connectivity index (χ4v) is 2.60. The topological polar surface area (TPSA) is 22.4 Å². The minimum absolute atomic E-state index is 0.172. The van der Waals surface area contributed by atoms with Gasteiger partial charge in [-0.1, -0.05) is 6.07 Å². The number of fused-ring (bicyclic) bond motifs is 3. The first-order chi connectivity index (χ1) is 9.95. The molecule has 3 rings (SSSR count). The first-order valence-electron chi connectivity index (χ1n) is 6.11. The van der Waals surface area contributed by atoms with Gasteiger partial charge in [-0.05, 0) is 29.8 Å². The Labute approximate surface area is 123 Å². The van der Waals surface area contributed by atoms with Gasteiger partial charge >= 0.3 is 6.18 Å². The molecule has 0 N–H and O–H groups in total. The van der Waals surface area contributed by atoms with Crippen molar-refractivity contribution in [3.63, 3.8) is 0 Å². The van der Waals surface area contributed by atoms with Crippen molar-refractivity contribution < 1.29 is 22.3 Å². The molecule has 6 heteroatoms. The summed E-state index contributed by atoms with van der Waals surface area (Å²) in [5.74, 6) is 0.634. The third-order valence-electron chi connectivity index (χ3n) is 3.36. The molecule has 0 radical (unpaired) electrons. The van der Waals surface area contributed by atoms with Crippen molar-refractivity contribution in [2.24, 2.45) is 0 Å². The van der Waals surface area contributed by atoms with Gasteiger partial charge in [0.15, 0.2) is 11.3 Å². The van der Waals surface area contributed by atoms with Crippen molar-refractivity contribution in [2.75, 3.05) is 7.11 Å². The zero-order valence-electron chi connectivity index (χ0n) is 10.9. The summed E-state index contributed by atoms with van der Waals surface area (Å²) in [5, 5.41) is 0.944. The average molecular weight is 315 g/mol. The second-order valence-corrected chi connectivity index (χ2v) is 4.84. The minimum atomic E-state index is -4.40. The van der Waals surface area contributed by atoms with Gasteiger partial charge in [0.25, 0.3) is 0 Å². The van der Waals surface area contributed by atoms with Crippen molar-refractivity contribution in [1.82, 2.24) is 0 Å². The lowest BCUT2D eigenvalue weighted by Gasteiger charge is -2.06. The highest BCUT2D eigenvalue weighted by atomic mass is 35.5. The highest BCUT2D eigenvalue weighted by Crippen LogP contribution is 2.40. The Morgan fingerprint density at radius 3 is 2.57 bits per heavy atom. The normalized spacial score (nSPS) is 12.2. The third kappa shape index (κ3) is 2.21. The summed E-state index contributed by atoms with van der Waals surface area (Å²) in [4.78, 5) is 0. The van der Waals surface area contributed by atoms with Crippen LogP contribution in [-0.2, 0) is 12.1 Å². The van der Waals surface area contributed by atoms with Gasteiger partial charge in [-0.25, -0.2) is 0 Å². The van der Waals surface area contributed by atoms with E-state index in [0.717, 1.165) is 12.1 Å². The van der Waals surface area contributed by atoms with Crippen molar-refractivity contribution in [3.05, 3.63) is 41.5 Å². The van der Waals surface area contributed by atoms with Crippen molar-refractivity contribution >= 4 is 33.5 Å². The second-order valence-electron chi connectivity index (χ2n) is 4.58. The van der Waals surface area contributed by atoms with E-state index in [2.05, 4.69) is 0 Å². The summed E-state index contributed by atoms with van der Waals surface area (Å²) in [6.07, 6.45) is -4.40. The third-order valence-corrected chi connectivity index (χ3v) is 3.65. The van der Waals surface area contributed by atoms with Gasteiger partial charge in [0.1, 0.15) is 5.58 Å². The Balaban J connectivity index is 2.42. The van der Waals surface area contributed by atoms with Crippen LogP contribution in [0.4, 0.5) is 13.2 Å². The molecule has 1 heterocycles. The number of rotatable bonds is 2. The molecule has 0 saturated carbocycles. The van der Waals surface area contributed by atoms with Gasteiger partial charge in [0.2, 0.25) is 0 Å². The second kappa shape index (κ2) is 4.84. The van der Waals surface area contributed by atoms with E-state index in [1.54, 1.807) is 12.1 Å². The average Bonchev–Trinajstić information content (AvgIpc) is 2.84. The Bertz CT molecular complexity index is 821. The van der Waals surface area contributed by atoms with Crippen molar-refractivity contribution in [2.45, 2.75) is 12.1 Å². The monoisotopic (exact) mass is 314 g/mol. The molecule has 0 aliphatic heterocycles. The van der Waals surface area contributed by atoms with Crippen LogP contribution in [0.2, 0.25) is 0 Å². The van der Waals surface area contributed by atoms with E-state index in [0.29, 0.717) is 33.3 Å². The van der Waals surface area contributed by atoms with E-state index >= 15 is 0 Å². The number of furan rings is 1. The van der Waals surface area contributed by atoms with Gasteiger partial charge in [-0.15, -0.1) is 11.6 Å². The Kier molecular flexibility index (Phi) is 3.24. The Morgan fingerprint density at radius 1 is 1.19 bits per heavy atom. The molecular weight excluding hydrogens is 305 g/mol. The van der Waals surface area contributed by atoms with Crippen LogP contribution in [0, 0.1) is 0 Å². The highest BCUT2D eigenvalue weighted by Gasteiger charge is 2.31. The number of hydrogen-bond acceptors (Lipinski definition) is 2. The van der Waals surface area contributed by atoms with E-state index in [9.17, 15) is 13.2 Å². The van der Waals surface area contributed by atoms with Crippen LogP contribution in [-0.4, -0.2) is 7.11 Å². The van der Waals surface area contributed by atoms with Crippen LogP contribution < -0.4 is 4.74 Å². The van der Waals surface area contributed by atoms with Crippen LogP contribution >= 0.6 is 11.6 Å². The van der Waals surface area contributed by atoms with E-state index < -0.39 is 11.7 Å². The van der Waals surface area contributed by atoms with Crippen LogP contribution in [0.3, 0.4) is 0 Å². The predicted molar refractivity (Wildman–Crippen MR) is 74.8 cm³/mol. The molecule has 0 aliphatic rings. The Morgan fingerprint density at radius 2 is 1.95 bits per heavy atom. The van der Waals surface area contributed by atoms with Crippen molar-refractivity contribution in [3.8, 4) is 5.75 Å². The van der Waals surface area contributed by atoms with Gasteiger partial charge in [-0.2, -0.15) is 13.2 Å². The van der Waals surface area contributed by atoms with Crippen LogP contribution in [0.15, 0.2) is 34.7 Å². The van der Waals surface area contributed by atoms with Crippen molar-refractivity contribution in [1.29, 1.82) is 0 Å². The predicted octanol–water partition coefficient (Wildman–Crippen LogP) is 5.35. The molecule has 0 atom stereocenters. The van der Waals surface area contributed by atoms with Gasteiger partial charge in [0, 0.05) is 16.7 Å². The molecule has 3 aromatic rings. The Hall–Kier alpha value is -1.88. The van der Waals surface area contributed by atoms with E-state index in [1.165, 1.54) is 13.2 Å². The van der Waals surface area contributed by atoms with E-state index in [1.807, 2.05) is 0 Å². The molecular formula is C15H10ClF3O2. The molecule has 2 aromatic carbocycles. The molecule has 0 bridgehead atoms. The lowest BCUT2D eigenvalue weighted by atomic mass is 10.0. The maximum atomic E-state index is 12.9. The van der Waals surface area contributed by atoms with E-state index in [-0.39, 0.29) is 5.88 Å². The maximum absolute atomic E-state index is 12.9. The van der Waals surface area contributed by atoms with Gasteiger partial charge in [0.05, 0.1) is 12.7 Å². The number of alkyl halides is 4. The van der Waals surface area contributed by atoms with Gasteiger partial charge in [-0.3, -0.25) is 0 Å². The molecule has 0 fully saturated rings. The van der Waals surface area contributed by atoms with Crippen LogP contribution in [0.5, 0.6) is 5.75 Å². The quantitative estimate of drug-likeness (QED) is 0.595. The molecule has 0 saturated heterocycles. The molecule has 0 unspecified atom stereocenters. The number of hydrogen-bond donors (Lipinski definition) is 0. The number of ether oxygens (including phenoxy) is 1. The summed E-state index contributed by atoms with van der Waals surface area (Å²) in [6.45, 7) is 0. The number of benzene rings is 2. The summed E-state index contributed by atoms with van der Waals surface area (Å²) in [5.41, 5.74) is 0.755. The molecule has 2 nitrogen and oxygen atoms in total. The molecule has 0 aliphatic carbocycles. The largest absolute Gasteiger partial charge is 0.493 e. The maximum Gasteiger partial charge on any atom is 0.416 e. The zero-order chi connectivity index (χ0) is 15.2. The molecule has 0 spiro atoms. The standard InChI is InChI=1S/C15H10ClF3O2/c1-20-12-4-2-8(7-16)13-10-6-9(15(17,18)19)3-5-11(10)21-14(12)13/h2-6H,7H2,1H3. The zero-order valence-corrected chi connectivity index (χ0v) is 11.7. The summed E-state index contributed by atoms with van der Waals surface area (Å²) < 4.78 is 49.4. The first-order valence-corrected chi connectivity index (χ1v) is 6.64. The fourth-order valence-electron chi connectivity index (χ4n) is 2.37. The summed E-state index contributed by atoms with van der Waals surface area (Å²) >= 11 is 5.88. The van der Waals surface area contributed by atoms with Crippen LogP contribution in [0.25, 0.3) is 21.9 Å². The summed E-state index contributed by atoms with van der Waals surface area (Å²) in [7, 11) is 1.48. The number of methoxy groups -OCH3 is 1. The minimum Gasteiger partial charge on any atom is -0.493 e. The lowest BCUT2D eigenvalue weighted by Crippen LogP contribution is -2.03. The molecule has 21 heavy (non-hydrogen) atoms. The summed E-state index contributed by atoms with van der Waals surface area (Å²) in [6, 6.07) is 6.81. The van der Waals surface area contributed by atoms with E-state index in [4.69, 9.17) is 20.8 Å². The lowest BCUT2D eigenvalue weighted by molar-refractivity contribution is -0.137. The molecule has 110 valence electrons. The molecule has 0 amide bonds. The SMILES string of the molecule is COc1ccc(CCl)c2c1oc1ccc(C(F)(F)F)cc12. The highest BCUT2D eigenvalue weighted by molar-refractivity contribution is 6.19. The smallest absolute Gasteiger partial charge is 0.416 e.